The molecule has 1 aromatic heterocycles. The molecule has 3 N–H and O–H groups in total. The van der Waals surface area contributed by atoms with E-state index in [1.807, 2.05) is 45.0 Å². The number of para-hydroxylation sites is 1. The van der Waals surface area contributed by atoms with Crippen LogP contribution >= 0.6 is 0 Å². The number of carbonyl (C=O) groups excluding carboxylic acids is 1. The second-order valence-electron chi connectivity index (χ2n) is 5.46. The van der Waals surface area contributed by atoms with E-state index in [0.29, 0.717) is 5.82 Å². The lowest BCUT2D eigenvalue weighted by Crippen LogP contribution is -2.41. The Balaban J connectivity index is 2.11. The van der Waals surface area contributed by atoms with Gasteiger partial charge in [-0.1, -0.05) is 25.1 Å². The molecule has 1 aromatic carbocycles. The van der Waals surface area contributed by atoms with Crippen LogP contribution in [-0.2, 0) is 0 Å². The SMILES string of the molecule is Cc1ccccc1-n1nccc1NC(=O)N[C@H](C)[C@H](C)CO. The molecular weight excluding hydrogens is 280 g/mol. The number of benzene rings is 1. The first-order valence-electron chi connectivity index (χ1n) is 7.31. The monoisotopic (exact) mass is 302 g/mol. The Morgan fingerprint density at radius 1 is 1.32 bits per heavy atom. The van der Waals surface area contributed by atoms with Gasteiger partial charge in [-0.05, 0) is 31.4 Å². The Labute approximate surface area is 130 Å². The van der Waals surface area contributed by atoms with Gasteiger partial charge in [0.05, 0.1) is 11.9 Å². The molecule has 2 aromatic rings. The summed E-state index contributed by atoms with van der Waals surface area (Å²) in [4.78, 5) is 12.1. The number of carbonyl (C=O) groups is 1. The smallest absolute Gasteiger partial charge is 0.320 e. The number of urea groups is 1. The van der Waals surface area contributed by atoms with E-state index in [1.54, 1.807) is 16.9 Å². The van der Waals surface area contributed by atoms with Gasteiger partial charge in [-0.2, -0.15) is 5.10 Å². The number of nitrogens with zero attached hydrogens (tertiary/aromatic N) is 2. The molecular formula is C16H22N4O2. The average molecular weight is 302 g/mol. The van der Waals surface area contributed by atoms with Crippen LogP contribution in [0.1, 0.15) is 19.4 Å². The van der Waals surface area contributed by atoms with Crippen LogP contribution in [0.5, 0.6) is 0 Å². The van der Waals surface area contributed by atoms with Crippen LogP contribution in [0.3, 0.4) is 0 Å². The molecule has 6 heteroatoms. The first kappa shape index (κ1) is 16.0. The van der Waals surface area contributed by atoms with Gasteiger partial charge in [-0.15, -0.1) is 0 Å². The number of rotatable bonds is 5. The molecule has 0 unspecified atom stereocenters. The molecule has 6 nitrogen and oxygen atoms in total. The number of amides is 2. The molecule has 1 heterocycles. The van der Waals surface area contributed by atoms with Crippen molar-refractivity contribution in [2.45, 2.75) is 26.8 Å². The molecule has 2 atom stereocenters. The number of hydrogen-bond donors (Lipinski definition) is 3. The Morgan fingerprint density at radius 3 is 2.73 bits per heavy atom. The van der Waals surface area contributed by atoms with Crippen molar-refractivity contribution in [3.8, 4) is 5.69 Å². The Kier molecular flexibility index (Phi) is 5.16. The van der Waals surface area contributed by atoms with Crippen molar-refractivity contribution in [1.82, 2.24) is 15.1 Å². The molecule has 0 spiro atoms. The van der Waals surface area contributed by atoms with Gasteiger partial charge in [0.2, 0.25) is 0 Å². The average Bonchev–Trinajstić information content (AvgIpc) is 2.94. The van der Waals surface area contributed by atoms with Gasteiger partial charge < -0.3 is 10.4 Å². The zero-order valence-corrected chi connectivity index (χ0v) is 13.1. The Bertz CT molecular complexity index is 639. The highest BCUT2D eigenvalue weighted by Gasteiger charge is 2.15. The highest BCUT2D eigenvalue weighted by atomic mass is 16.3. The van der Waals surface area contributed by atoms with E-state index in [-0.39, 0.29) is 24.6 Å². The molecule has 0 bridgehead atoms. The fourth-order valence-electron chi connectivity index (χ4n) is 2.05. The van der Waals surface area contributed by atoms with Crippen molar-refractivity contribution in [2.24, 2.45) is 5.92 Å². The highest BCUT2D eigenvalue weighted by molar-refractivity contribution is 5.88. The number of aryl methyl sites for hydroxylation is 1. The van der Waals surface area contributed by atoms with E-state index in [4.69, 9.17) is 5.11 Å². The summed E-state index contributed by atoms with van der Waals surface area (Å²) in [5.41, 5.74) is 1.98. The molecule has 0 fully saturated rings. The van der Waals surface area contributed by atoms with Crippen molar-refractivity contribution in [2.75, 3.05) is 11.9 Å². The van der Waals surface area contributed by atoms with Gasteiger partial charge in [0.1, 0.15) is 5.82 Å². The van der Waals surface area contributed by atoms with Crippen molar-refractivity contribution >= 4 is 11.8 Å². The van der Waals surface area contributed by atoms with Crippen molar-refractivity contribution in [3.05, 3.63) is 42.1 Å². The minimum Gasteiger partial charge on any atom is -0.396 e. The number of hydrogen-bond acceptors (Lipinski definition) is 3. The fraction of sp³-hybridized carbons (Fsp3) is 0.375. The zero-order valence-electron chi connectivity index (χ0n) is 13.1. The lowest BCUT2D eigenvalue weighted by molar-refractivity contribution is 0.204. The standard InChI is InChI=1S/C16H22N4O2/c1-11-6-4-5-7-14(11)20-15(8-9-17-20)19-16(22)18-13(3)12(2)10-21/h4-9,12-13,21H,10H2,1-3H3,(H2,18,19,22)/t12-,13-/m1/s1. The van der Waals surface area contributed by atoms with Crippen LogP contribution in [0, 0.1) is 12.8 Å². The van der Waals surface area contributed by atoms with E-state index >= 15 is 0 Å². The molecule has 0 aliphatic heterocycles. The lowest BCUT2D eigenvalue weighted by atomic mass is 10.1. The molecule has 22 heavy (non-hydrogen) atoms. The second-order valence-corrected chi connectivity index (χ2v) is 5.46. The largest absolute Gasteiger partial charge is 0.396 e. The summed E-state index contributed by atoms with van der Waals surface area (Å²) in [7, 11) is 0. The fourth-order valence-corrected chi connectivity index (χ4v) is 2.05. The van der Waals surface area contributed by atoms with Gasteiger partial charge >= 0.3 is 6.03 Å². The third kappa shape index (κ3) is 3.65. The summed E-state index contributed by atoms with van der Waals surface area (Å²) in [5, 5.41) is 19.0. The van der Waals surface area contributed by atoms with Gasteiger partial charge in [-0.3, -0.25) is 5.32 Å². The molecule has 2 rings (SSSR count). The van der Waals surface area contributed by atoms with E-state index in [0.717, 1.165) is 11.3 Å². The van der Waals surface area contributed by atoms with Crippen LogP contribution in [0.25, 0.3) is 5.69 Å². The zero-order chi connectivity index (χ0) is 16.1. The van der Waals surface area contributed by atoms with Crippen molar-refractivity contribution < 1.29 is 9.90 Å². The maximum atomic E-state index is 12.1. The normalized spacial score (nSPS) is 13.5. The van der Waals surface area contributed by atoms with E-state index in [9.17, 15) is 4.79 Å². The molecule has 0 saturated heterocycles. The third-order valence-corrected chi connectivity index (χ3v) is 3.73. The van der Waals surface area contributed by atoms with Crippen LogP contribution in [0.15, 0.2) is 36.5 Å². The summed E-state index contributed by atoms with van der Waals surface area (Å²) >= 11 is 0. The van der Waals surface area contributed by atoms with Crippen LogP contribution in [0.2, 0.25) is 0 Å². The minimum absolute atomic E-state index is 0.00738. The predicted molar refractivity (Wildman–Crippen MR) is 86.2 cm³/mol. The van der Waals surface area contributed by atoms with Crippen molar-refractivity contribution in [1.29, 1.82) is 0 Å². The third-order valence-electron chi connectivity index (χ3n) is 3.73. The van der Waals surface area contributed by atoms with Gasteiger partial charge in [-0.25, -0.2) is 9.48 Å². The summed E-state index contributed by atoms with van der Waals surface area (Å²) in [6, 6.07) is 9.13. The quantitative estimate of drug-likeness (QED) is 0.793. The number of anilines is 1. The Hall–Kier alpha value is -2.34. The Morgan fingerprint density at radius 2 is 2.05 bits per heavy atom. The lowest BCUT2D eigenvalue weighted by Gasteiger charge is -2.19. The van der Waals surface area contributed by atoms with Gasteiger partial charge in [0.25, 0.3) is 0 Å². The summed E-state index contributed by atoms with van der Waals surface area (Å²) in [5.74, 6) is 0.586. The van der Waals surface area contributed by atoms with Crippen LogP contribution in [0.4, 0.5) is 10.6 Å². The molecule has 2 amide bonds. The van der Waals surface area contributed by atoms with E-state index in [2.05, 4.69) is 15.7 Å². The molecule has 0 aliphatic rings. The first-order valence-corrected chi connectivity index (χ1v) is 7.31. The first-order chi connectivity index (χ1) is 10.5. The summed E-state index contributed by atoms with van der Waals surface area (Å²) in [6.45, 7) is 5.76. The number of nitrogens with one attached hydrogen (secondary N) is 2. The van der Waals surface area contributed by atoms with Gasteiger partial charge in [0, 0.05) is 18.7 Å². The topological polar surface area (TPSA) is 79.2 Å². The molecule has 0 aliphatic carbocycles. The maximum absolute atomic E-state index is 12.1. The second kappa shape index (κ2) is 7.09. The summed E-state index contributed by atoms with van der Waals surface area (Å²) < 4.78 is 1.69. The number of aromatic nitrogens is 2. The molecule has 118 valence electrons. The van der Waals surface area contributed by atoms with Crippen LogP contribution < -0.4 is 10.6 Å². The highest BCUT2D eigenvalue weighted by Crippen LogP contribution is 2.18. The van der Waals surface area contributed by atoms with Crippen LogP contribution in [-0.4, -0.2) is 33.6 Å². The molecule has 0 radical (unpaired) electrons. The predicted octanol–water partition coefficient (Wildman–Crippen LogP) is 2.32. The minimum atomic E-state index is -0.317. The van der Waals surface area contributed by atoms with Gasteiger partial charge in [0.15, 0.2) is 0 Å². The maximum Gasteiger partial charge on any atom is 0.320 e. The number of aliphatic hydroxyl groups excluding tert-OH is 1. The van der Waals surface area contributed by atoms with Crippen molar-refractivity contribution in [3.63, 3.8) is 0 Å². The van der Waals surface area contributed by atoms with E-state index in [1.165, 1.54) is 0 Å². The van der Waals surface area contributed by atoms with E-state index < -0.39 is 0 Å². The summed E-state index contributed by atoms with van der Waals surface area (Å²) in [6.07, 6.45) is 1.64. The number of aliphatic hydroxyl groups is 1. The molecule has 0 saturated carbocycles.